The summed E-state index contributed by atoms with van der Waals surface area (Å²) in [6, 6.07) is 15.1. The van der Waals surface area contributed by atoms with Gasteiger partial charge in [-0.3, -0.25) is 4.79 Å². The van der Waals surface area contributed by atoms with Crippen LogP contribution in [0.1, 0.15) is 36.3 Å². The molecule has 2 unspecified atom stereocenters. The fraction of sp³-hybridized carbons (Fsp3) is 0.370. The van der Waals surface area contributed by atoms with Gasteiger partial charge in [0, 0.05) is 35.4 Å². The molecule has 2 atom stereocenters. The van der Waals surface area contributed by atoms with E-state index in [2.05, 4.69) is 5.32 Å². The summed E-state index contributed by atoms with van der Waals surface area (Å²) in [7, 11) is -5.94. The first-order valence-corrected chi connectivity index (χ1v) is 16.3. The van der Waals surface area contributed by atoms with Gasteiger partial charge >= 0.3 is 0 Å². The molecule has 38 heavy (non-hydrogen) atoms. The zero-order valence-corrected chi connectivity index (χ0v) is 24.1. The molecule has 2 aromatic rings. The molecule has 2 aliphatic carbocycles. The summed E-state index contributed by atoms with van der Waals surface area (Å²) >= 11 is 13.2. The average Bonchev–Trinajstić information content (AvgIpc) is 3.65. The van der Waals surface area contributed by atoms with Crippen molar-refractivity contribution < 1.29 is 26.4 Å². The lowest BCUT2D eigenvalue weighted by Gasteiger charge is -2.35. The maximum absolute atomic E-state index is 13.5. The van der Waals surface area contributed by atoms with Gasteiger partial charge in [0.2, 0.25) is 5.91 Å². The number of ether oxygens (including phenoxy) is 1. The molecule has 0 heterocycles. The highest BCUT2D eigenvalue weighted by Gasteiger charge is 2.45. The van der Waals surface area contributed by atoms with Crippen LogP contribution in [0.2, 0.25) is 0 Å². The van der Waals surface area contributed by atoms with E-state index in [4.69, 9.17) is 27.9 Å². The summed E-state index contributed by atoms with van der Waals surface area (Å²) in [5.74, 6) is -1.22. The monoisotopic (exact) mass is 597 g/mol. The van der Waals surface area contributed by atoms with Crippen molar-refractivity contribution in [3.8, 4) is 0 Å². The maximum Gasteiger partial charge on any atom is 0.231 e. The number of carbonyl (C=O) groups is 1. The van der Waals surface area contributed by atoms with E-state index >= 15 is 0 Å². The standard InChI is InChI=1S/C27H29Cl2NO6S2/c1-36-16-22(19-10-12-21(13-11-19)38(34,35)17-18-8-9-18)26(31)30-27(37(2,32)33)14-23(28)25(24(29)15-27)20-6-4-3-5-7-20/h3-7,10-14,18,22H,8-9,15-17H2,1-2H3,(H,30,31). The highest BCUT2D eigenvalue weighted by molar-refractivity contribution is 7.92. The molecule has 7 nitrogen and oxygen atoms in total. The molecule has 0 aliphatic heterocycles. The predicted octanol–water partition coefficient (Wildman–Crippen LogP) is 4.63. The lowest BCUT2D eigenvalue weighted by atomic mass is 9.94. The molecule has 0 bridgehead atoms. The van der Waals surface area contributed by atoms with E-state index in [0.717, 1.165) is 24.7 Å². The van der Waals surface area contributed by atoms with Crippen LogP contribution in [0.4, 0.5) is 0 Å². The van der Waals surface area contributed by atoms with Crippen molar-refractivity contribution in [3.63, 3.8) is 0 Å². The first-order chi connectivity index (χ1) is 17.9. The van der Waals surface area contributed by atoms with Crippen LogP contribution in [0.15, 0.2) is 75.6 Å². The van der Waals surface area contributed by atoms with Crippen molar-refractivity contribution in [2.75, 3.05) is 25.7 Å². The van der Waals surface area contributed by atoms with Gasteiger partial charge in [-0.05, 0) is 48.1 Å². The van der Waals surface area contributed by atoms with Crippen molar-refractivity contribution in [2.45, 2.75) is 34.9 Å². The van der Waals surface area contributed by atoms with Gasteiger partial charge in [-0.1, -0.05) is 65.7 Å². The van der Waals surface area contributed by atoms with Crippen molar-refractivity contribution in [2.24, 2.45) is 5.92 Å². The number of allylic oxidation sites excluding steroid dienone is 2. The number of nitrogens with one attached hydrogen (secondary N) is 1. The Kier molecular flexibility index (Phi) is 8.45. The third-order valence-corrected chi connectivity index (χ3v) is 11.0. The fourth-order valence-electron chi connectivity index (χ4n) is 4.47. The summed E-state index contributed by atoms with van der Waals surface area (Å²) in [6.45, 7) is -0.0594. The summed E-state index contributed by atoms with van der Waals surface area (Å²) < 4.78 is 56.6. The SMILES string of the molecule is COCC(C(=O)NC1(S(C)(=O)=O)C=C(Cl)C(c2ccccc2)=C(Cl)C1)c1ccc(S(=O)(=O)CC2CC2)cc1. The molecular weight excluding hydrogens is 569 g/mol. The van der Waals surface area contributed by atoms with Crippen LogP contribution >= 0.6 is 23.2 Å². The Labute approximate surface area is 233 Å². The topological polar surface area (TPSA) is 107 Å². The van der Waals surface area contributed by atoms with E-state index in [0.29, 0.717) is 11.1 Å². The normalized spacial score (nSPS) is 21.1. The number of rotatable bonds is 10. The lowest BCUT2D eigenvalue weighted by molar-refractivity contribution is -0.124. The van der Waals surface area contributed by atoms with Crippen molar-refractivity contribution in [1.29, 1.82) is 0 Å². The minimum atomic E-state index is -3.95. The third kappa shape index (κ3) is 6.18. The number of halogens is 2. The molecule has 1 saturated carbocycles. The predicted molar refractivity (Wildman–Crippen MR) is 149 cm³/mol. The molecule has 0 radical (unpaired) electrons. The first-order valence-electron chi connectivity index (χ1n) is 12.0. The van der Waals surface area contributed by atoms with Gasteiger partial charge in [-0.15, -0.1) is 0 Å². The second-order valence-electron chi connectivity index (χ2n) is 9.77. The van der Waals surface area contributed by atoms with Crippen molar-refractivity contribution in [1.82, 2.24) is 5.32 Å². The van der Waals surface area contributed by atoms with E-state index in [9.17, 15) is 21.6 Å². The van der Waals surface area contributed by atoms with Crippen molar-refractivity contribution in [3.05, 3.63) is 81.9 Å². The Morgan fingerprint density at radius 1 is 1.05 bits per heavy atom. The number of hydrogen-bond donors (Lipinski definition) is 1. The Morgan fingerprint density at radius 2 is 1.68 bits per heavy atom. The minimum absolute atomic E-state index is 0.0594. The van der Waals surface area contributed by atoms with Gasteiger partial charge in [-0.2, -0.15) is 0 Å². The van der Waals surface area contributed by atoms with Crippen molar-refractivity contribution >= 4 is 54.4 Å². The molecule has 2 aliphatic rings. The lowest BCUT2D eigenvalue weighted by Crippen LogP contribution is -2.55. The Hall–Kier alpha value is -2.17. The van der Waals surface area contributed by atoms with Crippen LogP contribution in [0, 0.1) is 5.92 Å². The molecule has 0 saturated heterocycles. The summed E-state index contributed by atoms with van der Waals surface area (Å²) in [6.07, 6.45) is 3.95. The molecule has 1 amide bonds. The molecule has 2 aromatic carbocycles. The quantitative estimate of drug-likeness (QED) is 0.428. The van der Waals surface area contributed by atoms with E-state index in [1.165, 1.54) is 25.3 Å². The largest absolute Gasteiger partial charge is 0.384 e. The number of hydrogen-bond acceptors (Lipinski definition) is 6. The first kappa shape index (κ1) is 28.8. The van der Waals surface area contributed by atoms with Crippen LogP contribution in [0.5, 0.6) is 0 Å². The van der Waals surface area contributed by atoms with Gasteiger partial charge in [0.1, 0.15) is 0 Å². The Bertz CT molecular complexity index is 1480. The third-order valence-electron chi connectivity index (χ3n) is 6.79. The van der Waals surface area contributed by atoms with Crippen LogP contribution in [-0.2, 0) is 29.2 Å². The molecular formula is C27H29Cl2NO6S2. The smallest absolute Gasteiger partial charge is 0.231 e. The molecule has 1 fully saturated rings. The molecule has 4 rings (SSSR count). The van der Waals surface area contributed by atoms with Gasteiger partial charge in [0.15, 0.2) is 24.5 Å². The number of benzene rings is 2. The zero-order chi connectivity index (χ0) is 27.7. The van der Waals surface area contributed by atoms with Crippen LogP contribution in [-0.4, -0.2) is 53.3 Å². The second kappa shape index (κ2) is 11.1. The van der Waals surface area contributed by atoms with Crippen LogP contribution < -0.4 is 5.32 Å². The maximum atomic E-state index is 13.5. The van der Waals surface area contributed by atoms with E-state index in [1.807, 2.05) is 30.3 Å². The average molecular weight is 599 g/mol. The zero-order valence-electron chi connectivity index (χ0n) is 21.0. The van der Waals surface area contributed by atoms with E-state index < -0.39 is 36.4 Å². The molecule has 11 heteroatoms. The highest BCUT2D eigenvalue weighted by Crippen LogP contribution is 2.43. The summed E-state index contributed by atoms with van der Waals surface area (Å²) in [5, 5.41) is 2.96. The number of amides is 1. The molecule has 204 valence electrons. The molecule has 1 N–H and O–H groups in total. The Morgan fingerprint density at radius 3 is 2.21 bits per heavy atom. The molecule has 0 spiro atoms. The van der Waals surface area contributed by atoms with E-state index in [-0.39, 0.29) is 39.7 Å². The Balaban J connectivity index is 1.63. The van der Waals surface area contributed by atoms with Gasteiger partial charge < -0.3 is 10.1 Å². The second-order valence-corrected chi connectivity index (χ2v) is 14.9. The van der Waals surface area contributed by atoms with Crippen LogP contribution in [0.25, 0.3) is 5.57 Å². The summed E-state index contributed by atoms with van der Waals surface area (Å²) in [5.41, 5.74) is 1.70. The minimum Gasteiger partial charge on any atom is -0.384 e. The molecule has 0 aromatic heterocycles. The fourth-order valence-corrected chi connectivity index (χ4v) is 8.22. The van der Waals surface area contributed by atoms with Gasteiger partial charge in [0.25, 0.3) is 0 Å². The number of methoxy groups -OCH3 is 1. The van der Waals surface area contributed by atoms with Gasteiger partial charge in [0.05, 0.1) is 23.2 Å². The van der Waals surface area contributed by atoms with Gasteiger partial charge in [-0.25, -0.2) is 16.8 Å². The number of carbonyl (C=O) groups excluding carboxylic acids is 1. The highest BCUT2D eigenvalue weighted by atomic mass is 35.5. The number of sulfone groups is 2. The summed E-state index contributed by atoms with van der Waals surface area (Å²) in [4.78, 5) is 11.9. The van der Waals surface area contributed by atoms with Crippen LogP contribution in [0.3, 0.4) is 0 Å². The van der Waals surface area contributed by atoms with E-state index in [1.54, 1.807) is 12.1 Å².